The molecule has 0 saturated carbocycles. The molecule has 0 unspecified atom stereocenters. The minimum Gasteiger partial charge on any atom is -0.507 e. The molecule has 0 fully saturated rings. The maximum atomic E-state index is 13.3. The van der Waals surface area contributed by atoms with Crippen molar-refractivity contribution in [2.24, 2.45) is 0 Å². The van der Waals surface area contributed by atoms with Crippen LogP contribution in [-0.4, -0.2) is 34.5 Å². The summed E-state index contributed by atoms with van der Waals surface area (Å²) in [5, 5.41) is 9.95. The van der Waals surface area contributed by atoms with Gasteiger partial charge in [-0.05, 0) is 87.7 Å². The number of ether oxygens (including phenoxy) is 1. The quantitative estimate of drug-likeness (QED) is 0.0912. The number of phenols is 1. The lowest BCUT2D eigenvalue weighted by molar-refractivity contribution is -0.120. The number of hydrogen-bond donors (Lipinski definition) is 1. The predicted molar refractivity (Wildman–Crippen MR) is 172 cm³/mol. The summed E-state index contributed by atoms with van der Waals surface area (Å²) in [6.45, 7) is 6.29. The van der Waals surface area contributed by atoms with E-state index in [1.165, 1.54) is 13.2 Å². The van der Waals surface area contributed by atoms with Crippen LogP contribution >= 0.6 is 11.8 Å². The molecule has 0 aliphatic heterocycles. The van der Waals surface area contributed by atoms with Crippen LogP contribution in [0.25, 0.3) is 0 Å². The molecule has 0 heterocycles. The van der Waals surface area contributed by atoms with Crippen LogP contribution in [0.5, 0.6) is 5.75 Å². The molecule has 0 amide bonds. The van der Waals surface area contributed by atoms with Crippen LogP contribution < -0.4 is 0 Å². The zero-order valence-electron chi connectivity index (χ0n) is 25.1. The summed E-state index contributed by atoms with van der Waals surface area (Å²) in [6, 6.07) is 4.72. The largest absolute Gasteiger partial charge is 0.507 e. The summed E-state index contributed by atoms with van der Waals surface area (Å²) in [6.07, 6.45) is 32.2. The van der Waals surface area contributed by atoms with Gasteiger partial charge >= 0.3 is 5.97 Å². The number of thioether (sulfide) groups is 1. The summed E-state index contributed by atoms with van der Waals surface area (Å²) < 4.78 is 4.30. The van der Waals surface area contributed by atoms with Crippen LogP contribution in [0, 0.1) is 0 Å². The second kappa shape index (κ2) is 22.0. The normalized spacial score (nSPS) is 12.6. The minimum absolute atomic E-state index is 0.0918. The van der Waals surface area contributed by atoms with Crippen LogP contribution in [0.3, 0.4) is 0 Å². The number of carbonyl (C=O) groups is 2. The fraction of sp³-hybridized carbons (Fsp3) is 0.486. The lowest BCUT2D eigenvalue weighted by atomic mass is 9.91. The molecule has 1 rings (SSSR count). The zero-order valence-corrected chi connectivity index (χ0v) is 25.9. The van der Waals surface area contributed by atoms with Gasteiger partial charge in [-0.1, -0.05) is 87.6 Å². The van der Waals surface area contributed by atoms with Gasteiger partial charge in [-0.25, -0.2) is 4.79 Å². The highest BCUT2D eigenvalue weighted by molar-refractivity contribution is 8.01. The van der Waals surface area contributed by atoms with E-state index in [-0.39, 0.29) is 23.5 Å². The van der Waals surface area contributed by atoms with Crippen molar-refractivity contribution in [3.63, 3.8) is 0 Å². The predicted octanol–water partition coefficient (Wildman–Crippen LogP) is 9.50. The van der Waals surface area contributed by atoms with E-state index in [4.69, 9.17) is 4.74 Å². The molecule has 0 aromatic heterocycles. The van der Waals surface area contributed by atoms with Crippen molar-refractivity contribution in [3.05, 3.63) is 90.1 Å². The lowest BCUT2D eigenvalue weighted by Gasteiger charge is -2.30. The first-order valence-corrected chi connectivity index (χ1v) is 15.7. The monoisotopic (exact) mass is 566 g/mol. The number of aromatic hydroxyl groups is 1. The number of ketones is 1. The molecule has 4 nitrogen and oxygen atoms in total. The highest BCUT2D eigenvalue weighted by Gasteiger charge is 2.34. The number of methoxy groups -OCH3 is 1. The molecule has 0 aliphatic carbocycles. The highest BCUT2D eigenvalue weighted by atomic mass is 32.2. The Balaban J connectivity index is 2.33. The van der Waals surface area contributed by atoms with E-state index in [9.17, 15) is 14.7 Å². The molecule has 0 spiro atoms. The molecular weight excluding hydrogens is 516 g/mol. The first kappa shape index (κ1) is 35.2. The number of Topliss-reactive ketones (excluding diaryl/α,β-unsaturated/α-hetero) is 1. The molecule has 220 valence electrons. The molecule has 0 bridgehead atoms. The van der Waals surface area contributed by atoms with Gasteiger partial charge in [0.15, 0.2) is 5.78 Å². The molecule has 0 atom stereocenters. The molecule has 0 radical (unpaired) electrons. The van der Waals surface area contributed by atoms with Crippen LogP contribution in [0.15, 0.2) is 79.0 Å². The summed E-state index contributed by atoms with van der Waals surface area (Å²) in [4.78, 5) is 25.2. The number of hydrogen-bond acceptors (Lipinski definition) is 5. The fourth-order valence-corrected chi connectivity index (χ4v) is 5.62. The summed E-state index contributed by atoms with van der Waals surface area (Å²) >= 11 is 1.76. The van der Waals surface area contributed by atoms with Gasteiger partial charge in [0, 0.05) is 6.42 Å². The number of esters is 1. The van der Waals surface area contributed by atoms with E-state index in [1.807, 2.05) is 0 Å². The number of phenolic OH excluding ortho intramolecular Hbond substituents is 1. The van der Waals surface area contributed by atoms with E-state index in [1.54, 1.807) is 23.9 Å². The first-order valence-electron chi connectivity index (χ1n) is 14.8. The Bertz CT molecular complexity index is 1010. The Labute approximate surface area is 247 Å². The van der Waals surface area contributed by atoms with Crippen LogP contribution in [0.1, 0.15) is 101 Å². The zero-order chi connectivity index (χ0) is 29.5. The van der Waals surface area contributed by atoms with Crippen molar-refractivity contribution in [1.82, 2.24) is 0 Å². The Morgan fingerprint density at radius 3 is 1.90 bits per heavy atom. The smallest absolute Gasteiger partial charge is 0.341 e. The number of unbranched alkanes of at least 4 members (excludes halogenated alkanes) is 2. The third-order valence-corrected chi connectivity index (χ3v) is 8.63. The average molecular weight is 567 g/mol. The van der Waals surface area contributed by atoms with Crippen molar-refractivity contribution < 1.29 is 19.4 Å². The summed E-state index contributed by atoms with van der Waals surface area (Å²) in [7, 11) is 1.27. The van der Waals surface area contributed by atoms with Gasteiger partial charge in [0.2, 0.25) is 0 Å². The van der Waals surface area contributed by atoms with Gasteiger partial charge in [-0.15, -0.1) is 11.8 Å². The van der Waals surface area contributed by atoms with Gasteiger partial charge in [-0.2, -0.15) is 0 Å². The van der Waals surface area contributed by atoms with Crippen LogP contribution in [0.4, 0.5) is 0 Å². The summed E-state index contributed by atoms with van der Waals surface area (Å²) in [5.41, 5.74) is 0.808. The van der Waals surface area contributed by atoms with Gasteiger partial charge < -0.3 is 9.84 Å². The SMILES string of the molecule is CC/C=C\C/C=C\C/C=C\C/C=C\C/C=C\CCCCSC(CC)(CC)C(=O)Cc1ccc(O)c(C(=O)OC)c1. The number of rotatable bonds is 21. The fourth-order valence-electron chi connectivity index (χ4n) is 4.24. The van der Waals surface area contributed by atoms with E-state index in [0.29, 0.717) is 5.56 Å². The molecule has 5 heteroatoms. The van der Waals surface area contributed by atoms with E-state index < -0.39 is 10.7 Å². The maximum Gasteiger partial charge on any atom is 0.341 e. The van der Waals surface area contributed by atoms with E-state index >= 15 is 0 Å². The Morgan fingerprint density at radius 1 is 0.825 bits per heavy atom. The van der Waals surface area contributed by atoms with E-state index in [0.717, 1.165) is 70.0 Å². The second-order valence-corrected chi connectivity index (χ2v) is 11.2. The Hall–Kier alpha value is -2.79. The third-order valence-electron chi connectivity index (χ3n) is 6.78. The van der Waals surface area contributed by atoms with Crippen molar-refractivity contribution in [2.75, 3.05) is 12.9 Å². The Morgan fingerprint density at radius 2 is 1.38 bits per heavy atom. The number of allylic oxidation sites excluding steroid dienone is 10. The average Bonchev–Trinajstić information content (AvgIpc) is 2.97. The van der Waals surface area contributed by atoms with Gasteiger partial charge in [-0.3, -0.25) is 4.79 Å². The first-order chi connectivity index (χ1) is 19.4. The molecule has 1 N–H and O–H groups in total. The lowest BCUT2D eigenvalue weighted by Crippen LogP contribution is -2.35. The number of benzene rings is 1. The van der Waals surface area contributed by atoms with Crippen LogP contribution in [-0.2, 0) is 16.0 Å². The number of carbonyl (C=O) groups excluding carboxylic acids is 2. The minimum atomic E-state index is -0.606. The summed E-state index contributed by atoms with van der Waals surface area (Å²) in [5.74, 6) is 0.371. The highest BCUT2D eigenvalue weighted by Crippen LogP contribution is 2.36. The van der Waals surface area contributed by atoms with Crippen molar-refractivity contribution in [1.29, 1.82) is 0 Å². The standard InChI is InChI=1S/C35H50O4S/c1-5-8-9-10-11-12-13-14-15-16-17-18-19-20-21-22-23-24-27-40-35(6-2,7-3)33(37)29-30-25-26-32(36)31(28-30)34(38)39-4/h8-9,11-12,14-15,17-18,20-21,25-26,28,36H,5-7,10,13,16,19,22-24,27,29H2,1-4H3/b9-8-,12-11-,15-14-,18-17-,21-20-. The molecule has 1 aromatic carbocycles. The molecular formula is C35H50O4S. The third kappa shape index (κ3) is 14.0. The topological polar surface area (TPSA) is 63.6 Å². The maximum absolute atomic E-state index is 13.3. The van der Waals surface area contributed by atoms with Crippen LogP contribution in [0.2, 0.25) is 0 Å². The van der Waals surface area contributed by atoms with Gasteiger partial charge in [0.1, 0.15) is 11.3 Å². The molecule has 0 saturated heterocycles. The molecule has 1 aromatic rings. The second-order valence-electron chi connectivity index (χ2n) is 9.70. The molecule has 0 aliphatic rings. The Kier molecular flexibility index (Phi) is 19.3. The van der Waals surface area contributed by atoms with Gasteiger partial charge in [0.25, 0.3) is 0 Å². The van der Waals surface area contributed by atoms with Crippen molar-refractivity contribution >= 4 is 23.5 Å². The van der Waals surface area contributed by atoms with Crippen molar-refractivity contribution in [2.45, 2.75) is 96.1 Å². The molecule has 40 heavy (non-hydrogen) atoms. The van der Waals surface area contributed by atoms with E-state index in [2.05, 4.69) is 81.5 Å². The van der Waals surface area contributed by atoms with Crippen molar-refractivity contribution in [3.8, 4) is 5.75 Å². The van der Waals surface area contributed by atoms with Gasteiger partial charge in [0.05, 0.1) is 11.9 Å².